The van der Waals surface area contributed by atoms with E-state index < -0.39 is 23.9 Å². The van der Waals surface area contributed by atoms with Crippen molar-refractivity contribution in [2.45, 2.75) is 58.0 Å². The minimum absolute atomic E-state index is 0.206. The summed E-state index contributed by atoms with van der Waals surface area (Å²) in [6.07, 6.45) is 4.53. The molecule has 5 N–H and O–H groups in total. The van der Waals surface area contributed by atoms with E-state index in [0.29, 0.717) is 37.1 Å². The zero-order valence-corrected chi connectivity index (χ0v) is 19.3. The van der Waals surface area contributed by atoms with E-state index in [-0.39, 0.29) is 18.2 Å². The molecule has 172 valence electrons. The number of benzene rings is 1. The Morgan fingerprint density at radius 1 is 1.03 bits per heavy atom. The highest BCUT2D eigenvalue weighted by Gasteiger charge is 2.22. The number of carbonyl (C=O) groups excluding carboxylic acids is 4. The zero-order valence-electron chi connectivity index (χ0n) is 18.5. The summed E-state index contributed by atoms with van der Waals surface area (Å²) in [6.45, 7) is 4.14. The molecule has 0 heterocycles. The molecular formula is C22H34N4O4S. The summed E-state index contributed by atoms with van der Waals surface area (Å²) in [5.74, 6) is -0.971. The Bertz CT molecular complexity index is 740. The van der Waals surface area contributed by atoms with E-state index in [1.165, 1.54) is 11.8 Å². The van der Waals surface area contributed by atoms with Gasteiger partial charge in [-0.25, -0.2) is 0 Å². The first-order valence-corrected chi connectivity index (χ1v) is 12.0. The molecule has 0 aliphatic heterocycles. The number of hydrogen-bond acceptors (Lipinski definition) is 6. The molecule has 31 heavy (non-hydrogen) atoms. The van der Waals surface area contributed by atoms with Crippen molar-refractivity contribution >= 4 is 35.4 Å². The number of thioether (sulfide) groups is 1. The highest BCUT2D eigenvalue weighted by Crippen LogP contribution is 2.07. The summed E-state index contributed by atoms with van der Waals surface area (Å²) in [7, 11) is 0. The first kappa shape index (κ1) is 26.6. The molecule has 0 aromatic heterocycles. The third-order valence-corrected chi connectivity index (χ3v) is 5.43. The van der Waals surface area contributed by atoms with Gasteiger partial charge in [-0.05, 0) is 49.6 Å². The van der Waals surface area contributed by atoms with Gasteiger partial charge >= 0.3 is 0 Å². The molecule has 0 aliphatic rings. The van der Waals surface area contributed by atoms with Crippen LogP contribution in [0, 0.1) is 0 Å². The Kier molecular flexibility index (Phi) is 12.5. The third kappa shape index (κ3) is 9.97. The Labute approximate surface area is 188 Å². The number of imide groups is 1. The molecule has 1 rings (SSSR count). The molecule has 2 unspecified atom stereocenters. The molecule has 1 aromatic carbocycles. The van der Waals surface area contributed by atoms with E-state index in [9.17, 15) is 19.2 Å². The lowest BCUT2D eigenvalue weighted by Crippen LogP contribution is -2.48. The van der Waals surface area contributed by atoms with Gasteiger partial charge in [0.1, 0.15) is 6.04 Å². The summed E-state index contributed by atoms with van der Waals surface area (Å²) < 4.78 is 0. The quantitative estimate of drug-likeness (QED) is 0.336. The van der Waals surface area contributed by atoms with Gasteiger partial charge < -0.3 is 16.4 Å². The molecule has 0 spiro atoms. The normalized spacial score (nSPS) is 12.5. The van der Waals surface area contributed by atoms with Gasteiger partial charge in [-0.15, -0.1) is 0 Å². The van der Waals surface area contributed by atoms with Gasteiger partial charge in [-0.3, -0.25) is 24.5 Å². The molecule has 0 radical (unpaired) electrons. The van der Waals surface area contributed by atoms with E-state index in [1.54, 1.807) is 19.1 Å². The number of carbonyl (C=O) groups is 4. The van der Waals surface area contributed by atoms with Crippen LogP contribution < -0.4 is 21.7 Å². The molecule has 4 amide bonds. The minimum atomic E-state index is -0.819. The van der Waals surface area contributed by atoms with Crippen LogP contribution >= 0.6 is 11.8 Å². The maximum absolute atomic E-state index is 12.6. The summed E-state index contributed by atoms with van der Waals surface area (Å²) in [4.78, 5) is 48.6. The first-order valence-electron chi connectivity index (χ1n) is 10.6. The fourth-order valence-electron chi connectivity index (χ4n) is 2.80. The summed E-state index contributed by atoms with van der Waals surface area (Å²) >= 11 is 1.50. The molecule has 2 atom stereocenters. The van der Waals surface area contributed by atoms with E-state index in [0.717, 1.165) is 12.0 Å². The van der Waals surface area contributed by atoms with Crippen molar-refractivity contribution in [1.29, 1.82) is 0 Å². The highest BCUT2D eigenvalue weighted by atomic mass is 32.2. The second kappa shape index (κ2) is 14.6. The number of amides is 4. The highest BCUT2D eigenvalue weighted by molar-refractivity contribution is 7.98. The van der Waals surface area contributed by atoms with Gasteiger partial charge in [0, 0.05) is 24.3 Å². The topological polar surface area (TPSA) is 130 Å². The smallest absolute Gasteiger partial charge is 0.257 e. The molecule has 0 saturated heterocycles. The predicted octanol–water partition coefficient (Wildman–Crippen LogP) is 1.38. The third-order valence-electron chi connectivity index (χ3n) is 4.74. The predicted molar refractivity (Wildman–Crippen MR) is 124 cm³/mol. The maximum Gasteiger partial charge on any atom is 0.257 e. The number of nitrogens with one attached hydrogen (secondary N) is 3. The Balaban J connectivity index is 2.56. The van der Waals surface area contributed by atoms with Crippen LogP contribution in [0.1, 0.15) is 55.5 Å². The minimum Gasteiger partial charge on any atom is -0.355 e. The molecular weight excluding hydrogens is 416 g/mol. The Morgan fingerprint density at radius 3 is 2.29 bits per heavy atom. The molecule has 0 saturated carbocycles. The van der Waals surface area contributed by atoms with Crippen molar-refractivity contribution in [3.8, 4) is 0 Å². The molecule has 0 bridgehead atoms. The van der Waals surface area contributed by atoms with Gasteiger partial charge in [0.25, 0.3) is 5.91 Å². The van der Waals surface area contributed by atoms with Gasteiger partial charge in [-0.2, -0.15) is 11.8 Å². The number of hydrogen-bond donors (Lipinski definition) is 4. The molecule has 0 fully saturated rings. The van der Waals surface area contributed by atoms with E-state index in [4.69, 9.17) is 5.73 Å². The molecule has 8 nitrogen and oxygen atoms in total. The lowest BCUT2D eigenvalue weighted by atomic mass is 10.1. The maximum atomic E-state index is 12.6. The SMILES string of the molecule is CCC(=O)NC(CCCCNC(=O)C(N)CSC)C(=O)NC(=O)c1ccc(CC)cc1. The monoisotopic (exact) mass is 450 g/mol. The lowest BCUT2D eigenvalue weighted by molar-refractivity contribution is -0.128. The average Bonchev–Trinajstić information content (AvgIpc) is 2.77. The van der Waals surface area contributed by atoms with Crippen LogP contribution in [0.25, 0.3) is 0 Å². The van der Waals surface area contributed by atoms with E-state index >= 15 is 0 Å². The molecule has 0 aliphatic carbocycles. The van der Waals surface area contributed by atoms with Gasteiger partial charge in [0.2, 0.25) is 17.7 Å². The van der Waals surface area contributed by atoms with Gasteiger partial charge in [0.05, 0.1) is 6.04 Å². The van der Waals surface area contributed by atoms with Crippen molar-refractivity contribution in [2.75, 3.05) is 18.6 Å². The molecule has 1 aromatic rings. The standard InChI is InChI=1S/C22H34N4O4S/c1-4-15-9-11-16(12-10-15)20(28)26-22(30)18(25-19(27)5-2)8-6-7-13-24-21(29)17(23)14-31-3/h9-12,17-18H,4-8,13-14,23H2,1-3H3,(H,24,29)(H,25,27)(H,26,28,30). The van der Waals surface area contributed by atoms with Crippen LogP contribution in [0.4, 0.5) is 0 Å². The van der Waals surface area contributed by atoms with Crippen molar-refractivity contribution in [3.63, 3.8) is 0 Å². The van der Waals surface area contributed by atoms with Crippen LogP contribution in [0.3, 0.4) is 0 Å². The first-order chi connectivity index (χ1) is 14.8. The Hall–Kier alpha value is -2.39. The van der Waals surface area contributed by atoms with Gasteiger partial charge in [0.15, 0.2) is 0 Å². The second-order valence-electron chi connectivity index (χ2n) is 7.19. The number of aryl methyl sites for hydroxylation is 1. The van der Waals surface area contributed by atoms with E-state index in [2.05, 4.69) is 16.0 Å². The van der Waals surface area contributed by atoms with Crippen LogP contribution in [-0.4, -0.2) is 54.3 Å². The number of nitrogens with two attached hydrogens (primary N) is 1. The van der Waals surface area contributed by atoms with Gasteiger partial charge in [-0.1, -0.05) is 26.0 Å². The fourth-order valence-corrected chi connectivity index (χ4v) is 3.31. The van der Waals surface area contributed by atoms with Crippen molar-refractivity contribution < 1.29 is 19.2 Å². The van der Waals surface area contributed by atoms with E-state index in [1.807, 2.05) is 25.3 Å². The number of unbranched alkanes of at least 4 members (excludes halogenated alkanes) is 1. The van der Waals surface area contributed by atoms with Crippen molar-refractivity contribution in [1.82, 2.24) is 16.0 Å². The average molecular weight is 451 g/mol. The summed E-state index contributed by atoms with van der Waals surface area (Å²) in [6, 6.07) is 5.66. The van der Waals surface area contributed by atoms with Crippen LogP contribution in [0.2, 0.25) is 0 Å². The van der Waals surface area contributed by atoms with Crippen molar-refractivity contribution in [3.05, 3.63) is 35.4 Å². The van der Waals surface area contributed by atoms with Crippen LogP contribution in [0.5, 0.6) is 0 Å². The summed E-state index contributed by atoms with van der Waals surface area (Å²) in [5.41, 5.74) is 7.23. The second-order valence-corrected chi connectivity index (χ2v) is 8.10. The molecule has 9 heteroatoms. The fraction of sp³-hybridized carbons (Fsp3) is 0.545. The number of rotatable bonds is 13. The van der Waals surface area contributed by atoms with Crippen molar-refractivity contribution in [2.24, 2.45) is 5.73 Å². The summed E-state index contributed by atoms with van der Waals surface area (Å²) in [5, 5.41) is 7.80. The Morgan fingerprint density at radius 2 is 1.71 bits per heavy atom. The van der Waals surface area contributed by atoms with Crippen LogP contribution in [0.15, 0.2) is 24.3 Å². The van der Waals surface area contributed by atoms with Crippen LogP contribution in [-0.2, 0) is 20.8 Å². The largest absolute Gasteiger partial charge is 0.355 e. The zero-order chi connectivity index (χ0) is 23.2. The lowest BCUT2D eigenvalue weighted by Gasteiger charge is -2.18.